The summed E-state index contributed by atoms with van der Waals surface area (Å²) in [5.74, 6) is 1.61. The number of rotatable bonds is 4. The summed E-state index contributed by atoms with van der Waals surface area (Å²) in [6.45, 7) is 2.14. The average Bonchev–Trinajstić information content (AvgIpc) is 2.89. The highest BCUT2D eigenvalue weighted by Gasteiger charge is 2.18. The van der Waals surface area contributed by atoms with Crippen molar-refractivity contribution >= 4 is 17.2 Å². The summed E-state index contributed by atoms with van der Waals surface area (Å²) in [5, 5.41) is 6.51. The molecular weight excluding hydrogens is 234 g/mol. The first-order chi connectivity index (χ1) is 8.19. The van der Waals surface area contributed by atoms with Crippen LogP contribution in [0.3, 0.4) is 0 Å². The van der Waals surface area contributed by atoms with Crippen LogP contribution in [0.15, 0.2) is 11.4 Å². The highest BCUT2D eigenvalue weighted by atomic mass is 32.1. The Hall–Kier alpha value is -1.49. The Morgan fingerprint density at radius 2 is 2.29 bits per heavy atom. The Bertz CT molecular complexity index is 516. The van der Waals surface area contributed by atoms with Crippen LogP contribution in [0.2, 0.25) is 0 Å². The molecule has 2 N–H and O–H groups in total. The third kappa shape index (κ3) is 2.02. The summed E-state index contributed by atoms with van der Waals surface area (Å²) < 4.78 is 7.08. The van der Waals surface area contributed by atoms with Crippen molar-refractivity contribution in [1.29, 1.82) is 0 Å². The zero-order valence-corrected chi connectivity index (χ0v) is 11.2. The minimum absolute atomic E-state index is 0.748. The molecule has 0 atom stereocenters. The molecule has 0 saturated carbocycles. The smallest absolute Gasteiger partial charge is 0.139 e. The van der Waals surface area contributed by atoms with Crippen LogP contribution in [0.5, 0.6) is 5.75 Å². The maximum absolute atomic E-state index is 6.05. The number of thiophene rings is 1. The van der Waals surface area contributed by atoms with Crippen LogP contribution in [-0.4, -0.2) is 16.9 Å². The molecule has 0 radical (unpaired) electrons. The van der Waals surface area contributed by atoms with Gasteiger partial charge in [-0.15, -0.1) is 11.3 Å². The van der Waals surface area contributed by atoms with Crippen molar-refractivity contribution in [3.8, 4) is 16.3 Å². The monoisotopic (exact) mass is 251 g/mol. The molecule has 92 valence electrons. The number of nitrogens with zero attached hydrogens (tertiary/aromatic N) is 2. The van der Waals surface area contributed by atoms with E-state index in [4.69, 9.17) is 10.5 Å². The normalized spacial score (nSPS) is 10.8. The molecular formula is C12H17N3OS. The van der Waals surface area contributed by atoms with Crippen LogP contribution in [0.25, 0.3) is 10.6 Å². The van der Waals surface area contributed by atoms with Crippen molar-refractivity contribution < 1.29 is 4.74 Å². The van der Waals surface area contributed by atoms with E-state index < -0.39 is 0 Å². The number of aromatic nitrogens is 2. The predicted octanol–water partition coefficient (Wildman–Crippen LogP) is 2.69. The molecule has 5 heteroatoms. The van der Waals surface area contributed by atoms with Crippen LogP contribution in [-0.2, 0) is 13.5 Å². The molecule has 2 aromatic heterocycles. The summed E-state index contributed by atoms with van der Waals surface area (Å²) in [6.07, 6.45) is 1.99. The number of nitrogens with two attached hydrogens (primary N) is 1. The van der Waals surface area contributed by atoms with Gasteiger partial charge in [-0.05, 0) is 17.9 Å². The maximum atomic E-state index is 6.05. The van der Waals surface area contributed by atoms with Crippen LogP contribution in [0.4, 0.5) is 5.82 Å². The van der Waals surface area contributed by atoms with E-state index in [1.165, 1.54) is 0 Å². The first kappa shape index (κ1) is 12.0. The number of methoxy groups -OCH3 is 1. The van der Waals surface area contributed by atoms with Gasteiger partial charge in [0.25, 0.3) is 0 Å². The fourth-order valence-corrected chi connectivity index (χ4v) is 2.76. The van der Waals surface area contributed by atoms with Gasteiger partial charge < -0.3 is 10.5 Å². The zero-order valence-electron chi connectivity index (χ0n) is 10.4. The van der Waals surface area contributed by atoms with Gasteiger partial charge in [0.1, 0.15) is 17.3 Å². The van der Waals surface area contributed by atoms with Gasteiger partial charge in [-0.2, -0.15) is 5.10 Å². The van der Waals surface area contributed by atoms with Crippen molar-refractivity contribution in [2.24, 2.45) is 7.05 Å². The van der Waals surface area contributed by atoms with Crippen LogP contribution in [0, 0.1) is 0 Å². The third-order valence-electron chi connectivity index (χ3n) is 2.76. The fourth-order valence-electron chi connectivity index (χ4n) is 1.89. The first-order valence-corrected chi connectivity index (χ1v) is 6.50. The Balaban J connectivity index is 2.55. The van der Waals surface area contributed by atoms with E-state index in [1.54, 1.807) is 23.1 Å². The van der Waals surface area contributed by atoms with Gasteiger partial charge in [-0.3, -0.25) is 4.68 Å². The van der Waals surface area contributed by atoms with Gasteiger partial charge >= 0.3 is 0 Å². The van der Waals surface area contributed by atoms with E-state index in [2.05, 4.69) is 12.0 Å². The summed E-state index contributed by atoms with van der Waals surface area (Å²) in [6, 6.07) is 1.96. The lowest BCUT2D eigenvalue weighted by Crippen LogP contribution is -1.99. The van der Waals surface area contributed by atoms with E-state index in [9.17, 15) is 0 Å². The van der Waals surface area contributed by atoms with Crippen molar-refractivity contribution in [1.82, 2.24) is 9.78 Å². The van der Waals surface area contributed by atoms with Crippen LogP contribution >= 0.6 is 11.3 Å². The molecule has 0 unspecified atom stereocenters. The molecule has 0 bridgehead atoms. The van der Waals surface area contributed by atoms with Crippen LogP contribution < -0.4 is 10.5 Å². The van der Waals surface area contributed by atoms with Crippen molar-refractivity contribution in [2.75, 3.05) is 12.8 Å². The summed E-state index contributed by atoms with van der Waals surface area (Å²) in [5.41, 5.74) is 8.13. The predicted molar refractivity (Wildman–Crippen MR) is 71.5 cm³/mol. The quantitative estimate of drug-likeness (QED) is 0.909. The molecule has 0 aromatic carbocycles. The molecule has 0 aliphatic rings. The molecule has 0 aliphatic heterocycles. The lowest BCUT2D eigenvalue weighted by atomic mass is 10.1. The minimum Gasteiger partial charge on any atom is -0.495 e. The minimum atomic E-state index is 0.748. The molecule has 4 nitrogen and oxygen atoms in total. The molecule has 2 heterocycles. The first-order valence-electron chi connectivity index (χ1n) is 5.62. The van der Waals surface area contributed by atoms with Gasteiger partial charge in [-0.1, -0.05) is 13.3 Å². The zero-order chi connectivity index (χ0) is 12.4. The van der Waals surface area contributed by atoms with Crippen molar-refractivity contribution in [3.63, 3.8) is 0 Å². The molecule has 0 amide bonds. The summed E-state index contributed by atoms with van der Waals surface area (Å²) in [7, 11) is 3.55. The second kappa shape index (κ2) is 4.79. The number of anilines is 1. The Morgan fingerprint density at radius 1 is 1.53 bits per heavy atom. The number of hydrogen-bond acceptors (Lipinski definition) is 4. The van der Waals surface area contributed by atoms with Gasteiger partial charge in [-0.25, -0.2) is 0 Å². The number of nitrogen functional groups attached to an aromatic ring is 1. The summed E-state index contributed by atoms with van der Waals surface area (Å²) in [4.78, 5) is 1.06. The number of hydrogen-bond donors (Lipinski definition) is 1. The third-order valence-corrected chi connectivity index (χ3v) is 3.66. The summed E-state index contributed by atoms with van der Waals surface area (Å²) >= 11 is 1.63. The lowest BCUT2D eigenvalue weighted by Gasteiger charge is -2.02. The Kier molecular flexibility index (Phi) is 3.38. The van der Waals surface area contributed by atoms with Crippen molar-refractivity contribution in [3.05, 3.63) is 17.0 Å². The SMILES string of the molecule is CCCc1c(-c2sccc2OC)nn(C)c1N. The molecule has 2 rings (SSSR count). The molecule has 0 spiro atoms. The molecule has 0 saturated heterocycles. The topological polar surface area (TPSA) is 53.1 Å². The van der Waals surface area contributed by atoms with E-state index in [1.807, 2.05) is 18.5 Å². The maximum Gasteiger partial charge on any atom is 0.139 e. The molecule has 0 fully saturated rings. The van der Waals surface area contributed by atoms with E-state index in [0.717, 1.165) is 40.5 Å². The second-order valence-corrected chi connectivity index (χ2v) is 4.82. The van der Waals surface area contributed by atoms with Gasteiger partial charge in [0.15, 0.2) is 0 Å². The molecule has 2 aromatic rings. The number of aryl methyl sites for hydroxylation is 1. The van der Waals surface area contributed by atoms with Gasteiger partial charge in [0, 0.05) is 12.6 Å². The Morgan fingerprint density at radius 3 is 2.94 bits per heavy atom. The van der Waals surface area contributed by atoms with Gasteiger partial charge in [0.05, 0.1) is 12.0 Å². The van der Waals surface area contributed by atoms with Crippen molar-refractivity contribution in [2.45, 2.75) is 19.8 Å². The number of ether oxygens (including phenoxy) is 1. The molecule has 0 aliphatic carbocycles. The van der Waals surface area contributed by atoms with Crippen LogP contribution in [0.1, 0.15) is 18.9 Å². The fraction of sp³-hybridized carbons (Fsp3) is 0.417. The van der Waals surface area contributed by atoms with E-state index in [0.29, 0.717) is 0 Å². The average molecular weight is 251 g/mol. The van der Waals surface area contributed by atoms with Gasteiger partial charge in [0.2, 0.25) is 0 Å². The highest BCUT2D eigenvalue weighted by molar-refractivity contribution is 7.14. The van der Waals surface area contributed by atoms with E-state index in [-0.39, 0.29) is 0 Å². The Labute approximate surface area is 105 Å². The second-order valence-electron chi connectivity index (χ2n) is 3.90. The van der Waals surface area contributed by atoms with E-state index >= 15 is 0 Å². The largest absolute Gasteiger partial charge is 0.495 e. The lowest BCUT2D eigenvalue weighted by molar-refractivity contribution is 0.418. The highest BCUT2D eigenvalue weighted by Crippen LogP contribution is 2.38. The standard InChI is InChI=1S/C12H17N3OS/c1-4-5-8-10(14-15(2)12(8)13)11-9(16-3)6-7-17-11/h6-7H,4-5,13H2,1-3H3. The molecule has 17 heavy (non-hydrogen) atoms.